The predicted molar refractivity (Wildman–Crippen MR) is 70.4 cm³/mol. The van der Waals surface area contributed by atoms with Gasteiger partial charge in [-0.25, -0.2) is 4.79 Å². The highest BCUT2D eigenvalue weighted by Gasteiger charge is 2.25. The molecule has 3 heteroatoms. The van der Waals surface area contributed by atoms with Crippen molar-refractivity contribution in [2.75, 3.05) is 13.6 Å². The highest BCUT2D eigenvalue weighted by atomic mass is 16.2. The van der Waals surface area contributed by atoms with Gasteiger partial charge in [0.2, 0.25) is 0 Å². The van der Waals surface area contributed by atoms with Crippen LogP contribution in [0, 0.1) is 5.92 Å². The molecule has 0 spiro atoms. The Morgan fingerprint density at radius 3 is 3.12 bits per heavy atom. The van der Waals surface area contributed by atoms with Crippen LogP contribution in [0.15, 0.2) is 16.6 Å². The zero-order valence-electron chi connectivity index (χ0n) is 10.9. The standard InChI is InChI=1S/C14H22N2O/c1-3-4-6-11-7-5-8-12-10-16(2)14(17)15-13(12)9-11/h8,11H,3-7,9-10H2,1-2H3. The van der Waals surface area contributed by atoms with Gasteiger partial charge in [-0.05, 0) is 30.8 Å². The molecule has 17 heavy (non-hydrogen) atoms. The molecular formula is C14H22N2O. The number of allylic oxidation sites excluding steroid dienone is 1. The zero-order valence-corrected chi connectivity index (χ0v) is 10.9. The van der Waals surface area contributed by atoms with Gasteiger partial charge < -0.3 is 4.90 Å². The van der Waals surface area contributed by atoms with Crippen LogP contribution < -0.4 is 0 Å². The molecule has 0 radical (unpaired) electrons. The minimum absolute atomic E-state index is 0.0757. The number of fused-ring (bicyclic) bond motifs is 1. The van der Waals surface area contributed by atoms with Gasteiger partial charge >= 0.3 is 6.03 Å². The quantitative estimate of drug-likeness (QED) is 0.736. The minimum atomic E-state index is -0.0757. The van der Waals surface area contributed by atoms with Crippen LogP contribution in [0.4, 0.5) is 4.79 Å². The lowest BCUT2D eigenvalue weighted by molar-refractivity contribution is 0.221. The molecule has 1 aliphatic heterocycles. The first-order chi connectivity index (χ1) is 8.20. The second kappa shape index (κ2) is 5.48. The molecule has 0 N–H and O–H groups in total. The number of hydrogen-bond acceptors (Lipinski definition) is 1. The van der Waals surface area contributed by atoms with Crippen molar-refractivity contribution in [3.8, 4) is 0 Å². The van der Waals surface area contributed by atoms with E-state index in [1.165, 1.54) is 31.3 Å². The Labute approximate surface area is 104 Å². The summed E-state index contributed by atoms with van der Waals surface area (Å²) in [6.45, 7) is 2.98. The Kier molecular flexibility index (Phi) is 3.97. The van der Waals surface area contributed by atoms with Crippen LogP contribution >= 0.6 is 0 Å². The summed E-state index contributed by atoms with van der Waals surface area (Å²) >= 11 is 0. The Morgan fingerprint density at radius 2 is 2.35 bits per heavy atom. The molecule has 2 aliphatic rings. The fourth-order valence-electron chi connectivity index (χ4n) is 2.65. The molecule has 1 heterocycles. The average Bonchev–Trinajstić information content (AvgIpc) is 2.49. The van der Waals surface area contributed by atoms with E-state index in [1.54, 1.807) is 4.90 Å². The monoisotopic (exact) mass is 234 g/mol. The Bertz CT molecular complexity index is 357. The van der Waals surface area contributed by atoms with Crippen LogP contribution in [0.5, 0.6) is 0 Å². The third-order valence-electron chi connectivity index (χ3n) is 3.75. The zero-order chi connectivity index (χ0) is 12.3. The highest BCUT2D eigenvalue weighted by Crippen LogP contribution is 2.27. The lowest BCUT2D eigenvalue weighted by atomic mass is 9.92. The van der Waals surface area contributed by atoms with Gasteiger partial charge in [-0.3, -0.25) is 0 Å². The molecular weight excluding hydrogens is 212 g/mol. The summed E-state index contributed by atoms with van der Waals surface area (Å²) in [5.41, 5.74) is 2.35. The fraction of sp³-hybridized carbons (Fsp3) is 0.714. The smallest absolute Gasteiger partial charge is 0.322 e. The number of urea groups is 1. The van der Waals surface area contributed by atoms with E-state index in [1.807, 2.05) is 7.05 Å². The summed E-state index contributed by atoms with van der Waals surface area (Å²) in [6, 6.07) is -0.0757. The molecule has 2 amide bonds. The number of nitrogens with zero attached hydrogens (tertiary/aromatic N) is 2. The third-order valence-corrected chi connectivity index (χ3v) is 3.75. The first-order valence-corrected chi connectivity index (χ1v) is 6.72. The molecule has 0 fully saturated rings. The van der Waals surface area contributed by atoms with Crippen molar-refractivity contribution in [3.63, 3.8) is 0 Å². The molecule has 3 nitrogen and oxygen atoms in total. The van der Waals surface area contributed by atoms with Gasteiger partial charge in [0.1, 0.15) is 0 Å². The maximum Gasteiger partial charge on any atom is 0.343 e. The summed E-state index contributed by atoms with van der Waals surface area (Å²) in [7, 11) is 1.82. The summed E-state index contributed by atoms with van der Waals surface area (Å²) in [5, 5.41) is 0. The van der Waals surface area contributed by atoms with E-state index in [-0.39, 0.29) is 6.03 Å². The predicted octanol–water partition coefficient (Wildman–Crippen LogP) is 3.41. The number of likely N-dealkylation sites (N-methyl/N-ethyl adjacent to an activating group) is 1. The molecule has 1 atom stereocenters. The molecule has 1 unspecified atom stereocenters. The minimum Gasteiger partial charge on any atom is -0.322 e. The van der Waals surface area contributed by atoms with Gasteiger partial charge in [-0.1, -0.05) is 32.3 Å². The van der Waals surface area contributed by atoms with Gasteiger partial charge in [0.05, 0.1) is 5.71 Å². The summed E-state index contributed by atoms with van der Waals surface area (Å²) < 4.78 is 0. The summed E-state index contributed by atoms with van der Waals surface area (Å²) in [6.07, 6.45) is 9.51. The molecule has 0 aromatic rings. The second-order valence-corrected chi connectivity index (χ2v) is 5.22. The first kappa shape index (κ1) is 12.3. The van der Waals surface area contributed by atoms with Crippen LogP contribution in [0.1, 0.15) is 45.4 Å². The van der Waals surface area contributed by atoms with Crippen LogP contribution in [0.3, 0.4) is 0 Å². The van der Waals surface area contributed by atoms with E-state index in [0.717, 1.165) is 31.0 Å². The Hall–Kier alpha value is -1.12. The van der Waals surface area contributed by atoms with Crippen LogP contribution in [-0.4, -0.2) is 30.2 Å². The average molecular weight is 234 g/mol. The lowest BCUT2D eigenvalue weighted by Crippen LogP contribution is -2.34. The maximum atomic E-state index is 11.6. The highest BCUT2D eigenvalue weighted by molar-refractivity contribution is 6.08. The van der Waals surface area contributed by atoms with Crippen molar-refractivity contribution in [1.29, 1.82) is 0 Å². The van der Waals surface area contributed by atoms with Gasteiger partial charge in [0.25, 0.3) is 0 Å². The molecule has 2 rings (SSSR count). The van der Waals surface area contributed by atoms with Crippen molar-refractivity contribution >= 4 is 11.7 Å². The molecule has 0 saturated carbocycles. The van der Waals surface area contributed by atoms with E-state index < -0.39 is 0 Å². The maximum absolute atomic E-state index is 11.6. The molecule has 0 bridgehead atoms. The van der Waals surface area contributed by atoms with Crippen LogP contribution in [-0.2, 0) is 0 Å². The summed E-state index contributed by atoms with van der Waals surface area (Å²) in [4.78, 5) is 17.5. The third kappa shape index (κ3) is 2.96. The largest absolute Gasteiger partial charge is 0.343 e. The number of carbonyl (C=O) groups is 1. The second-order valence-electron chi connectivity index (χ2n) is 5.22. The molecule has 0 aromatic heterocycles. The van der Waals surface area contributed by atoms with Gasteiger partial charge in [0, 0.05) is 13.6 Å². The van der Waals surface area contributed by atoms with Gasteiger partial charge in [-0.2, -0.15) is 4.99 Å². The summed E-state index contributed by atoms with van der Waals surface area (Å²) in [5.74, 6) is 0.721. The number of carbonyl (C=O) groups excluding carboxylic acids is 1. The fourth-order valence-corrected chi connectivity index (χ4v) is 2.65. The number of rotatable bonds is 3. The SMILES string of the molecule is CCCCC1CCC=C2CN(C)C(=O)N=C2C1. The first-order valence-electron chi connectivity index (χ1n) is 6.72. The molecule has 0 aromatic carbocycles. The van der Waals surface area contributed by atoms with Crippen molar-refractivity contribution in [2.24, 2.45) is 10.9 Å². The van der Waals surface area contributed by atoms with E-state index in [2.05, 4.69) is 18.0 Å². The lowest BCUT2D eigenvalue weighted by Gasteiger charge is -2.24. The van der Waals surface area contributed by atoms with Crippen LogP contribution in [0.25, 0.3) is 0 Å². The molecule has 0 saturated heterocycles. The number of amides is 2. The van der Waals surface area contributed by atoms with Crippen molar-refractivity contribution < 1.29 is 4.79 Å². The van der Waals surface area contributed by atoms with Gasteiger partial charge in [-0.15, -0.1) is 0 Å². The number of unbranched alkanes of at least 4 members (excludes halogenated alkanes) is 1. The Balaban J connectivity index is 2.08. The van der Waals surface area contributed by atoms with Crippen molar-refractivity contribution in [1.82, 2.24) is 4.90 Å². The normalized spacial score (nSPS) is 24.9. The topological polar surface area (TPSA) is 32.7 Å². The van der Waals surface area contributed by atoms with Crippen molar-refractivity contribution in [2.45, 2.75) is 45.4 Å². The van der Waals surface area contributed by atoms with E-state index in [9.17, 15) is 4.79 Å². The molecule has 1 aliphatic carbocycles. The van der Waals surface area contributed by atoms with Crippen LogP contribution in [0.2, 0.25) is 0 Å². The number of aliphatic imine (C=N–C) groups is 1. The van der Waals surface area contributed by atoms with Crippen molar-refractivity contribution in [3.05, 3.63) is 11.6 Å². The number of hydrogen-bond donors (Lipinski definition) is 0. The Morgan fingerprint density at radius 1 is 1.53 bits per heavy atom. The molecule has 94 valence electrons. The van der Waals surface area contributed by atoms with E-state index in [0.29, 0.717) is 0 Å². The van der Waals surface area contributed by atoms with Gasteiger partial charge in [0.15, 0.2) is 0 Å². The van der Waals surface area contributed by atoms with E-state index >= 15 is 0 Å². The van der Waals surface area contributed by atoms with E-state index in [4.69, 9.17) is 0 Å².